The number of aryl methyl sites for hydroxylation is 1. The van der Waals surface area contributed by atoms with Crippen LogP contribution in [0.2, 0.25) is 0 Å². The summed E-state index contributed by atoms with van der Waals surface area (Å²) in [7, 11) is 0. The Morgan fingerprint density at radius 2 is 1.85 bits per heavy atom. The number of rotatable bonds is 5. The minimum absolute atomic E-state index is 0.0483. The molecular formula is C22H27N3O2. The molecule has 0 aliphatic carbocycles. The van der Waals surface area contributed by atoms with Gasteiger partial charge in [-0.3, -0.25) is 9.59 Å². The summed E-state index contributed by atoms with van der Waals surface area (Å²) in [5.41, 5.74) is 4.68. The second kappa shape index (κ2) is 8.25. The molecular weight excluding hydrogens is 338 g/mol. The highest BCUT2D eigenvalue weighted by Crippen LogP contribution is 2.30. The normalized spacial score (nSPS) is 13.3. The van der Waals surface area contributed by atoms with E-state index < -0.39 is 0 Å². The number of nitrogens with zero attached hydrogens (tertiary/aromatic N) is 1. The highest BCUT2D eigenvalue weighted by molar-refractivity contribution is 5.98. The molecule has 2 amide bonds. The number of anilines is 2. The Labute approximate surface area is 160 Å². The third-order valence-electron chi connectivity index (χ3n) is 4.68. The zero-order valence-electron chi connectivity index (χ0n) is 16.2. The molecule has 1 heterocycles. The molecule has 0 saturated heterocycles. The highest BCUT2D eigenvalue weighted by Gasteiger charge is 2.23. The fourth-order valence-electron chi connectivity index (χ4n) is 3.43. The van der Waals surface area contributed by atoms with E-state index in [0.29, 0.717) is 5.56 Å². The first kappa shape index (κ1) is 19.0. The molecule has 5 heteroatoms. The first-order valence-corrected chi connectivity index (χ1v) is 9.48. The summed E-state index contributed by atoms with van der Waals surface area (Å²) >= 11 is 0. The maximum Gasteiger partial charge on any atom is 0.251 e. The van der Waals surface area contributed by atoms with E-state index in [9.17, 15) is 9.59 Å². The van der Waals surface area contributed by atoms with E-state index in [4.69, 9.17) is 0 Å². The molecule has 2 N–H and O–H groups in total. The monoisotopic (exact) mass is 365 g/mol. The van der Waals surface area contributed by atoms with Gasteiger partial charge in [-0.15, -0.1) is 0 Å². The van der Waals surface area contributed by atoms with Crippen molar-refractivity contribution in [1.82, 2.24) is 5.32 Å². The van der Waals surface area contributed by atoms with Crippen molar-refractivity contribution in [3.63, 3.8) is 0 Å². The molecule has 0 saturated carbocycles. The number of carbonyl (C=O) groups is 2. The maximum absolute atomic E-state index is 12.5. The number of hydrogen-bond acceptors (Lipinski definition) is 3. The number of benzene rings is 2. The molecule has 0 spiro atoms. The average Bonchev–Trinajstić information content (AvgIpc) is 2.63. The SMILES string of the molecule is Cc1ccc(NC(=O)CN2CCCc3c(C(=O)NC(C)C)cccc32)cc1. The third kappa shape index (κ3) is 4.67. The molecule has 2 aromatic carbocycles. The largest absolute Gasteiger partial charge is 0.362 e. The molecule has 3 rings (SSSR count). The van der Waals surface area contributed by atoms with Gasteiger partial charge in [0.15, 0.2) is 0 Å². The fraction of sp³-hybridized carbons (Fsp3) is 0.364. The van der Waals surface area contributed by atoms with Gasteiger partial charge >= 0.3 is 0 Å². The van der Waals surface area contributed by atoms with Crippen LogP contribution < -0.4 is 15.5 Å². The topological polar surface area (TPSA) is 61.4 Å². The number of fused-ring (bicyclic) bond motifs is 1. The Morgan fingerprint density at radius 3 is 2.56 bits per heavy atom. The molecule has 0 unspecified atom stereocenters. The molecule has 1 aliphatic rings. The van der Waals surface area contributed by atoms with Crippen molar-refractivity contribution in [2.24, 2.45) is 0 Å². The van der Waals surface area contributed by atoms with Crippen molar-refractivity contribution in [2.45, 2.75) is 39.7 Å². The van der Waals surface area contributed by atoms with E-state index in [0.717, 1.165) is 41.9 Å². The standard InChI is InChI=1S/C22H27N3O2/c1-15(2)23-22(27)19-6-4-8-20-18(19)7-5-13-25(20)14-21(26)24-17-11-9-16(3)10-12-17/h4,6,8-12,15H,5,7,13-14H2,1-3H3,(H,23,27)(H,24,26). The first-order chi connectivity index (χ1) is 12.9. The Bertz CT molecular complexity index is 828. The van der Waals surface area contributed by atoms with Crippen LogP contribution in [0.1, 0.15) is 41.8 Å². The maximum atomic E-state index is 12.5. The van der Waals surface area contributed by atoms with Crippen LogP contribution in [-0.4, -0.2) is 30.9 Å². The zero-order valence-corrected chi connectivity index (χ0v) is 16.2. The Hall–Kier alpha value is -2.82. The van der Waals surface area contributed by atoms with Gasteiger partial charge in [0, 0.05) is 29.5 Å². The van der Waals surface area contributed by atoms with Gasteiger partial charge in [0.2, 0.25) is 5.91 Å². The van der Waals surface area contributed by atoms with E-state index in [1.54, 1.807) is 0 Å². The second-order valence-electron chi connectivity index (χ2n) is 7.37. The predicted molar refractivity (Wildman–Crippen MR) is 109 cm³/mol. The Morgan fingerprint density at radius 1 is 1.11 bits per heavy atom. The molecule has 142 valence electrons. The summed E-state index contributed by atoms with van der Waals surface area (Å²) in [5, 5.41) is 5.92. The molecule has 5 nitrogen and oxygen atoms in total. The van der Waals surface area contributed by atoms with Crippen molar-refractivity contribution in [1.29, 1.82) is 0 Å². The average molecular weight is 365 g/mol. The van der Waals surface area contributed by atoms with Crippen molar-refractivity contribution in [3.8, 4) is 0 Å². The number of hydrogen-bond donors (Lipinski definition) is 2. The van der Waals surface area contributed by atoms with Gasteiger partial charge in [0.1, 0.15) is 0 Å². The fourth-order valence-corrected chi connectivity index (χ4v) is 3.43. The van der Waals surface area contributed by atoms with Crippen LogP contribution in [0.25, 0.3) is 0 Å². The number of carbonyl (C=O) groups excluding carboxylic acids is 2. The molecule has 0 atom stereocenters. The van der Waals surface area contributed by atoms with Crippen molar-refractivity contribution < 1.29 is 9.59 Å². The summed E-state index contributed by atoms with van der Waals surface area (Å²) in [6.07, 6.45) is 1.78. The van der Waals surface area contributed by atoms with E-state index in [2.05, 4.69) is 15.5 Å². The van der Waals surface area contributed by atoms with E-state index >= 15 is 0 Å². The van der Waals surface area contributed by atoms with Crippen LogP contribution in [0.4, 0.5) is 11.4 Å². The van der Waals surface area contributed by atoms with Crippen molar-refractivity contribution >= 4 is 23.2 Å². The van der Waals surface area contributed by atoms with Crippen LogP contribution >= 0.6 is 0 Å². The summed E-state index contributed by atoms with van der Waals surface area (Å²) in [6, 6.07) is 13.6. The van der Waals surface area contributed by atoms with Crippen LogP contribution in [0.5, 0.6) is 0 Å². The van der Waals surface area contributed by atoms with Gasteiger partial charge in [0.25, 0.3) is 5.91 Å². The predicted octanol–water partition coefficient (Wildman–Crippen LogP) is 3.52. The van der Waals surface area contributed by atoms with Gasteiger partial charge in [-0.05, 0) is 63.4 Å². The van der Waals surface area contributed by atoms with Crippen molar-refractivity contribution in [2.75, 3.05) is 23.3 Å². The number of nitrogens with one attached hydrogen (secondary N) is 2. The summed E-state index contributed by atoms with van der Waals surface area (Å²) in [5.74, 6) is -0.100. The van der Waals surface area contributed by atoms with E-state index in [1.807, 2.05) is 63.2 Å². The molecule has 2 aromatic rings. The smallest absolute Gasteiger partial charge is 0.251 e. The van der Waals surface area contributed by atoms with E-state index in [-0.39, 0.29) is 24.4 Å². The van der Waals surface area contributed by atoms with Gasteiger partial charge in [0.05, 0.1) is 6.54 Å². The van der Waals surface area contributed by atoms with Gasteiger partial charge in [-0.25, -0.2) is 0 Å². The van der Waals surface area contributed by atoms with Gasteiger partial charge < -0.3 is 15.5 Å². The first-order valence-electron chi connectivity index (χ1n) is 9.48. The lowest BCUT2D eigenvalue weighted by atomic mass is 9.95. The van der Waals surface area contributed by atoms with Gasteiger partial charge in [-0.1, -0.05) is 23.8 Å². The summed E-state index contributed by atoms with van der Waals surface area (Å²) in [6.45, 7) is 7.01. The lowest BCUT2D eigenvalue weighted by molar-refractivity contribution is -0.115. The minimum atomic E-state index is -0.0521. The van der Waals surface area contributed by atoms with Gasteiger partial charge in [-0.2, -0.15) is 0 Å². The lowest BCUT2D eigenvalue weighted by Crippen LogP contribution is -2.38. The van der Waals surface area contributed by atoms with Crippen LogP contribution in [0.15, 0.2) is 42.5 Å². The Kier molecular flexibility index (Phi) is 5.79. The summed E-state index contributed by atoms with van der Waals surface area (Å²) in [4.78, 5) is 27.1. The highest BCUT2D eigenvalue weighted by atomic mass is 16.2. The van der Waals surface area contributed by atoms with Crippen LogP contribution in [0.3, 0.4) is 0 Å². The molecule has 0 aromatic heterocycles. The third-order valence-corrected chi connectivity index (χ3v) is 4.68. The molecule has 0 bridgehead atoms. The molecule has 1 aliphatic heterocycles. The van der Waals surface area contributed by atoms with Crippen LogP contribution in [0, 0.1) is 6.92 Å². The second-order valence-corrected chi connectivity index (χ2v) is 7.37. The minimum Gasteiger partial charge on any atom is -0.362 e. The molecule has 0 radical (unpaired) electrons. The lowest BCUT2D eigenvalue weighted by Gasteiger charge is -2.32. The molecule has 0 fully saturated rings. The zero-order chi connectivity index (χ0) is 19.4. The van der Waals surface area contributed by atoms with Crippen LogP contribution in [-0.2, 0) is 11.2 Å². The quantitative estimate of drug-likeness (QED) is 0.852. The number of amides is 2. The summed E-state index contributed by atoms with van der Waals surface area (Å²) < 4.78 is 0. The Balaban J connectivity index is 1.75. The van der Waals surface area contributed by atoms with E-state index in [1.165, 1.54) is 0 Å². The molecule has 27 heavy (non-hydrogen) atoms. The van der Waals surface area contributed by atoms with Crippen molar-refractivity contribution in [3.05, 3.63) is 59.2 Å².